The van der Waals surface area contributed by atoms with Crippen molar-refractivity contribution in [1.82, 2.24) is 9.88 Å². The summed E-state index contributed by atoms with van der Waals surface area (Å²) in [5, 5.41) is 3.51. The first-order valence-electron chi connectivity index (χ1n) is 8.95. The lowest BCUT2D eigenvalue weighted by molar-refractivity contribution is 0.0685. The molecule has 2 aromatic carbocycles. The van der Waals surface area contributed by atoms with Crippen LogP contribution in [-0.4, -0.2) is 29.4 Å². The van der Waals surface area contributed by atoms with Gasteiger partial charge in [0.25, 0.3) is 5.91 Å². The lowest BCUT2D eigenvalue weighted by Gasteiger charge is -2.38. The Labute approximate surface area is 158 Å². The minimum absolute atomic E-state index is 0.0414. The standard InChI is InChI=1S/C22H21N3O2/c1-27-18-8-6-16(7-9-18)12-15-25-21(17-10-13-23-14-11-17)24-20-5-3-2-4-19(20)22(25)26/h2-11,13-14,21,24H,12,15H2,1H3. The first-order valence-corrected chi connectivity index (χ1v) is 8.95. The summed E-state index contributed by atoms with van der Waals surface area (Å²) in [4.78, 5) is 19.2. The molecule has 1 N–H and O–H groups in total. The summed E-state index contributed by atoms with van der Waals surface area (Å²) >= 11 is 0. The van der Waals surface area contributed by atoms with Crippen LogP contribution in [0.3, 0.4) is 0 Å². The number of ether oxygens (including phenoxy) is 1. The third-order valence-electron chi connectivity index (χ3n) is 4.84. The van der Waals surface area contributed by atoms with Gasteiger partial charge in [-0.15, -0.1) is 0 Å². The number of carbonyl (C=O) groups excluding carboxylic acids is 1. The average molecular weight is 359 g/mol. The fourth-order valence-electron chi connectivity index (χ4n) is 3.37. The Morgan fingerprint density at radius 1 is 1.04 bits per heavy atom. The van der Waals surface area contributed by atoms with E-state index in [-0.39, 0.29) is 12.1 Å². The van der Waals surface area contributed by atoms with E-state index in [1.807, 2.05) is 65.6 Å². The summed E-state index contributed by atoms with van der Waals surface area (Å²) in [6, 6.07) is 19.5. The van der Waals surface area contributed by atoms with Crippen LogP contribution in [0.1, 0.15) is 27.7 Å². The summed E-state index contributed by atoms with van der Waals surface area (Å²) in [6.07, 6.45) is 4.06. The summed E-state index contributed by atoms with van der Waals surface area (Å²) in [7, 11) is 1.66. The molecule has 5 heteroatoms. The van der Waals surface area contributed by atoms with Crippen molar-refractivity contribution in [3.8, 4) is 5.75 Å². The van der Waals surface area contributed by atoms with Gasteiger partial charge in [-0.05, 0) is 53.9 Å². The van der Waals surface area contributed by atoms with Crippen LogP contribution >= 0.6 is 0 Å². The highest BCUT2D eigenvalue weighted by Crippen LogP contribution is 2.32. The summed E-state index contributed by atoms with van der Waals surface area (Å²) in [6.45, 7) is 0.611. The molecule has 1 unspecified atom stereocenters. The molecule has 3 aromatic rings. The van der Waals surface area contributed by atoms with E-state index in [1.54, 1.807) is 19.5 Å². The molecule has 27 heavy (non-hydrogen) atoms. The van der Waals surface area contributed by atoms with E-state index in [0.29, 0.717) is 12.1 Å². The average Bonchev–Trinajstić information content (AvgIpc) is 2.74. The van der Waals surface area contributed by atoms with Crippen LogP contribution in [0.4, 0.5) is 5.69 Å². The third-order valence-corrected chi connectivity index (χ3v) is 4.84. The van der Waals surface area contributed by atoms with E-state index in [9.17, 15) is 4.79 Å². The molecule has 0 fully saturated rings. The van der Waals surface area contributed by atoms with Gasteiger partial charge in [-0.1, -0.05) is 24.3 Å². The van der Waals surface area contributed by atoms with Crippen LogP contribution in [0, 0.1) is 0 Å². The van der Waals surface area contributed by atoms with Gasteiger partial charge in [0.05, 0.1) is 12.7 Å². The van der Waals surface area contributed by atoms with Gasteiger partial charge < -0.3 is 15.0 Å². The van der Waals surface area contributed by atoms with E-state index in [4.69, 9.17) is 4.74 Å². The number of nitrogens with one attached hydrogen (secondary N) is 1. The van der Waals surface area contributed by atoms with Crippen molar-refractivity contribution < 1.29 is 9.53 Å². The zero-order chi connectivity index (χ0) is 18.6. The van der Waals surface area contributed by atoms with Crippen molar-refractivity contribution >= 4 is 11.6 Å². The Balaban J connectivity index is 1.61. The smallest absolute Gasteiger partial charge is 0.257 e. The van der Waals surface area contributed by atoms with E-state index < -0.39 is 0 Å². The Morgan fingerprint density at radius 2 is 1.78 bits per heavy atom. The van der Waals surface area contributed by atoms with Crippen molar-refractivity contribution in [2.24, 2.45) is 0 Å². The first-order chi connectivity index (χ1) is 13.3. The van der Waals surface area contributed by atoms with E-state index >= 15 is 0 Å². The molecule has 0 spiro atoms. The zero-order valence-corrected chi connectivity index (χ0v) is 15.1. The molecule has 0 saturated heterocycles. The minimum Gasteiger partial charge on any atom is -0.497 e. The molecule has 0 bridgehead atoms. The molecule has 1 atom stereocenters. The summed E-state index contributed by atoms with van der Waals surface area (Å²) < 4.78 is 5.21. The molecule has 4 rings (SSSR count). The number of anilines is 1. The van der Waals surface area contributed by atoms with Crippen molar-refractivity contribution in [2.45, 2.75) is 12.6 Å². The molecule has 0 aliphatic carbocycles. The molecule has 5 nitrogen and oxygen atoms in total. The van der Waals surface area contributed by atoms with Gasteiger partial charge in [-0.3, -0.25) is 9.78 Å². The second kappa shape index (κ2) is 7.50. The number of rotatable bonds is 5. The Kier molecular flexibility index (Phi) is 4.75. The largest absolute Gasteiger partial charge is 0.497 e. The number of benzene rings is 2. The quantitative estimate of drug-likeness (QED) is 0.751. The van der Waals surface area contributed by atoms with Gasteiger partial charge in [0.15, 0.2) is 0 Å². The number of hydrogen-bond acceptors (Lipinski definition) is 4. The number of para-hydroxylation sites is 1. The van der Waals surface area contributed by atoms with Crippen LogP contribution < -0.4 is 10.1 Å². The number of pyridine rings is 1. The number of nitrogens with zero attached hydrogens (tertiary/aromatic N) is 2. The molecule has 1 amide bonds. The van der Waals surface area contributed by atoms with E-state index in [1.165, 1.54) is 0 Å². The van der Waals surface area contributed by atoms with Crippen molar-refractivity contribution in [3.05, 3.63) is 89.7 Å². The van der Waals surface area contributed by atoms with E-state index in [2.05, 4.69) is 10.3 Å². The van der Waals surface area contributed by atoms with Gasteiger partial charge in [-0.25, -0.2) is 0 Å². The fourth-order valence-corrected chi connectivity index (χ4v) is 3.37. The van der Waals surface area contributed by atoms with Crippen molar-refractivity contribution in [3.63, 3.8) is 0 Å². The lowest BCUT2D eigenvalue weighted by atomic mass is 10.0. The normalized spacial score (nSPS) is 15.8. The van der Waals surface area contributed by atoms with Crippen LogP contribution in [0.2, 0.25) is 0 Å². The van der Waals surface area contributed by atoms with Crippen LogP contribution in [-0.2, 0) is 6.42 Å². The lowest BCUT2D eigenvalue weighted by Crippen LogP contribution is -2.44. The van der Waals surface area contributed by atoms with Gasteiger partial charge >= 0.3 is 0 Å². The first kappa shape index (κ1) is 17.1. The van der Waals surface area contributed by atoms with E-state index in [0.717, 1.165) is 29.0 Å². The van der Waals surface area contributed by atoms with Crippen molar-refractivity contribution in [2.75, 3.05) is 19.0 Å². The van der Waals surface area contributed by atoms with Crippen LogP contribution in [0.15, 0.2) is 73.1 Å². The molecule has 1 aromatic heterocycles. The second-order valence-corrected chi connectivity index (χ2v) is 6.47. The number of fused-ring (bicyclic) bond motifs is 1. The second-order valence-electron chi connectivity index (χ2n) is 6.47. The SMILES string of the molecule is COc1ccc(CCN2C(=O)c3ccccc3NC2c2ccncc2)cc1. The topological polar surface area (TPSA) is 54.5 Å². The minimum atomic E-state index is -0.214. The van der Waals surface area contributed by atoms with Gasteiger partial charge in [-0.2, -0.15) is 0 Å². The Bertz CT molecular complexity index is 926. The van der Waals surface area contributed by atoms with Gasteiger partial charge in [0.1, 0.15) is 11.9 Å². The number of hydrogen-bond donors (Lipinski definition) is 1. The maximum Gasteiger partial charge on any atom is 0.257 e. The highest BCUT2D eigenvalue weighted by Gasteiger charge is 2.32. The van der Waals surface area contributed by atoms with Crippen molar-refractivity contribution in [1.29, 1.82) is 0 Å². The van der Waals surface area contributed by atoms with Gasteiger partial charge in [0.2, 0.25) is 0 Å². The van der Waals surface area contributed by atoms with Crippen LogP contribution in [0.25, 0.3) is 0 Å². The predicted octanol–water partition coefficient (Wildman–Crippen LogP) is 3.90. The molecule has 2 heterocycles. The number of carbonyl (C=O) groups is 1. The number of aromatic nitrogens is 1. The molecule has 0 radical (unpaired) electrons. The molecule has 136 valence electrons. The number of amides is 1. The van der Waals surface area contributed by atoms with Gasteiger partial charge in [0, 0.05) is 24.6 Å². The molecule has 1 aliphatic rings. The van der Waals surface area contributed by atoms with Crippen LogP contribution in [0.5, 0.6) is 5.75 Å². The highest BCUT2D eigenvalue weighted by atomic mass is 16.5. The summed E-state index contributed by atoms with van der Waals surface area (Å²) in [5.41, 5.74) is 3.75. The third kappa shape index (κ3) is 3.49. The summed E-state index contributed by atoms with van der Waals surface area (Å²) in [5.74, 6) is 0.873. The molecule has 0 saturated carbocycles. The number of methoxy groups -OCH3 is 1. The zero-order valence-electron chi connectivity index (χ0n) is 15.1. The molecular weight excluding hydrogens is 338 g/mol. The Morgan fingerprint density at radius 3 is 2.52 bits per heavy atom. The molecular formula is C22H21N3O2. The predicted molar refractivity (Wildman–Crippen MR) is 105 cm³/mol. The Hall–Kier alpha value is -3.34. The highest BCUT2D eigenvalue weighted by molar-refractivity contribution is 6.01. The maximum atomic E-state index is 13.2. The maximum absolute atomic E-state index is 13.2. The molecule has 1 aliphatic heterocycles. The fraction of sp³-hybridized carbons (Fsp3) is 0.182. The monoisotopic (exact) mass is 359 g/mol.